The molecule has 0 fully saturated rings. The number of rotatable bonds is 5. The zero-order chi connectivity index (χ0) is 13.9. The minimum absolute atomic E-state index is 0.120. The first kappa shape index (κ1) is 12.9. The molecule has 20 heavy (non-hydrogen) atoms. The van der Waals surface area contributed by atoms with E-state index in [4.69, 9.17) is 4.74 Å². The first-order valence-corrected chi connectivity index (χ1v) is 7.26. The Hall–Kier alpha value is -2.15. The lowest BCUT2D eigenvalue weighted by molar-refractivity contribution is 0.295. The highest BCUT2D eigenvalue weighted by atomic mass is 32.1. The maximum atomic E-state index is 11.8. The minimum atomic E-state index is -0.120. The van der Waals surface area contributed by atoms with E-state index >= 15 is 0 Å². The van der Waals surface area contributed by atoms with Gasteiger partial charge >= 0.3 is 0 Å². The number of nitrogens with one attached hydrogen (secondary N) is 1. The van der Waals surface area contributed by atoms with Crippen molar-refractivity contribution in [1.82, 2.24) is 19.7 Å². The van der Waals surface area contributed by atoms with Gasteiger partial charge in [0.2, 0.25) is 0 Å². The Balaban J connectivity index is 1.74. The normalized spacial score (nSPS) is 11.1. The van der Waals surface area contributed by atoms with Crippen LogP contribution in [0.2, 0.25) is 0 Å². The summed E-state index contributed by atoms with van der Waals surface area (Å²) in [6, 6.07) is 1.83. The molecular weight excluding hydrogens is 276 g/mol. The Labute approximate surface area is 119 Å². The Kier molecular flexibility index (Phi) is 3.51. The molecule has 0 aliphatic heterocycles. The van der Waals surface area contributed by atoms with Crippen molar-refractivity contribution in [2.75, 3.05) is 0 Å². The van der Waals surface area contributed by atoms with Crippen molar-refractivity contribution < 1.29 is 4.74 Å². The fourth-order valence-electron chi connectivity index (χ4n) is 1.91. The second kappa shape index (κ2) is 5.46. The number of hydrogen-bond donors (Lipinski definition) is 1. The van der Waals surface area contributed by atoms with Crippen LogP contribution in [0.4, 0.5) is 0 Å². The van der Waals surface area contributed by atoms with Gasteiger partial charge in [0.1, 0.15) is 17.1 Å². The van der Waals surface area contributed by atoms with Gasteiger partial charge in [-0.25, -0.2) is 4.98 Å². The standard InChI is InChI=1S/C13H14N4O2S/c1-2-4-17-7-9(6-14-17)19-8-11-15-10-3-5-20-12(10)13(18)16-11/h3,5-7H,2,4,8H2,1H3,(H,15,16,18). The third-order valence-electron chi connectivity index (χ3n) is 2.80. The summed E-state index contributed by atoms with van der Waals surface area (Å²) in [5, 5.41) is 6.03. The van der Waals surface area contributed by atoms with Gasteiger partial charge in [-0.05, 0) is 17.9 Å². The minimum Gasteiger partial charge on any atom is -0.482 e. The average molecular weight is 290 g/mol. The summed E-state index contributed by atoms with van der Waals surface area (Å²) >= 11 is 1.39. The maximum Gasteiger partial charge on any atom is 0.268 e. The SMILES string of the molecule is CCCn1cc(OCc2nc3ccsc3c(=O)[nH]2)cn1. The molecule has 0 unspecified atom stereocenters. The molecule has 0 saturated heterocycles. The van der Waals surface area contributed by atoms with Gasteiger partial charge in [0.25, 0.3) is 5.56 Å². The predicted molar refractivity (Wildman–Crippen MR) is 77.1 cm³/mol. The van der Waals surface area contributed by atoms with Crippen LogP contribution in [0.5, 0.6) is 5.75 Å². The van der Waals surface area contributed by atoms with Gasteiger partial charge in [-0.15, -0.1) is 11.3 Å². The molecule has 0 aliphatic carbocycles. The molecule has 3 rings (SSSR count). The van der Waals surface area contributed by atoms with Gasteiger partial charge in [-0.3, -0.25) is 9.48 Å². The highest BCUT2D eigenvalue weighted by Gasteiger charge is 2.06. The summed E-state index contributed by atoms with van der Waals surface area (Å²) in [6.07, 6.45) is 4.52. The van der Waals surface area contributed by atoms with Gasteiger partial charge in [-0.1, -0.05) is 6.92 Å². The van der Waals surface area contributed by atoms with Gasteiger partial charge in [0, 0.05) is 6.54 Å². The lowest BCUT2D eigenvalue weighted by atomic mass is 10.4. The van der Waals surface area contributed by atoms with Crippen molar-refractivity contribution in [3.05, 3.63) is 40.0 Å². The van der Waals surface area contributed by atoms with E-state index in [0.717, 1.165) is 13.0 Å². The summed E-state index contributed by atoms with van der Waals surface area (Å²) in [4.78, 5) is 18.9. The molecule has 7 heteroatoms. The molecule has 0 radical (unpaired) electrons. The van der Waals surface area contributed by atoms with Crippen molar-refractivity contribution in [2.45, 2.75) is 26.5 Å². The lowest BCUT2D eigenvalue weighted by Crippen LogP contribution is -2.12. The molecule has 3 heterocycles. The topological polar surface area (TPSA) is 72.8 Å². The molecule has 0 aromatic carbocycles. The van der Waals surface area contributed by atoms with E-state index in [0.29, 0.717) is 21.8 Å². The van der Waals surface area contributed by atoms with Gasteiger partial charge in [0.15, 0.2) is 5.75 Å². The Morgan fingerprint density at radius 2 is 2.40 bits per heavy atom. The second-order valence-electron chi connectivity index (χ2n) is 4.38. The first-order chi connectivity index (χ1) is 9.76. The van der Waals surface area contributed by atoms with E-state index in [1.54, 1.807) is 6.20 Å². The lowest BCUT2D eigenvalue weighted by Gasteiger charge is -2.02. The van der Waals surface area contributed by atoms with Crippen LogP contribution in [0.1, 0.15) is 19.2 Å². The van der Waals surface area contributed by atoms with Crippen molar-refractivity contribution in [3.63, 3.8) is 0 Å². The van der Waals surface area contributed by atoms with Crippen molar-refractivity contribution in [3.8, 4) is 5.75 Å². The van der Waals surface area contributed by atoms with Crippen LogP contribution >= 0.6 is 11.3 Å². The van der Waals surface area contributed by atoms with Crippen molar-refractivity contribution >= 4 is 21.6 Å². The molecule has 3 aromatic heterocycles. The quantitative estimate of drug-likeness (QED) is 0.781. The van der Waals surface area contributed by atoms with E-state index in [1.165, 1.54) is 11.3 Å². The largest absolute Gasteiger partial charge is 0.482 e. The zero-order valence-electron chi connectivity index (χ0n) is 11.0. The van der Waals surface area contributed by atoms with Gasteiger partial charge in [-0.2, -0.15) is 5.10 Å². The molecule has 0 bridgehead atoms. The fourth-order valence-corrected chi connectivity index (χ4v) is 2.64. The smallest absolute Gasteiger partial charge is 0.268 e. The number of aromatic amines is 1. The molecule has 104 valence electrons. The van der Waals surface area contributed by atoms with Crippen LogP contribution in [-0.4, -0.2) is 19.7 Å². The summed E-state index contributed by atoms with van der Waals surface area (Å²) < 4.78 is 8.06. The molecule has 3 aromatic rings. The monoisotopic (exact) mass is 290 g/mol. The molecule has 1 N–H and O–H groups in total. The van der Waals surface area contributed by atoms with Crippen LogP contribution < -0.4 is 10.3 Å². The summed E-state index contributed by atoms with van der Waals surface area (Å²) in [6.45, 7) is 3.17. The summed E-state index contributed by atoms with van der Waals surface area (Å²) in [7, 11) is 0. The van der Waals surface area contributed by atoms with Crippen LogP contribution in [0.15, 0.2) is 28.6 Å². The van der Waals surface area contributed by atoms with Crippen molar-refractivity contribution in [1.29, 1.82) is 0 Å². The van der Waals surface area contributed by atoms with E-state index in [-0.39, 0.29) is 12.2 Å². The summed E-state index contributed by atoms with van der Waals surface area (Å²) in [5.74, 6) is 1.19. The van der Waals surface area contributed by atoms with E-state index < -0.39 is 0 Å². The fraction of sp³-hybridized carbons (Fsp3) is 0.308. The number of hydrogen-bond acceptors (Lipinski definition) is 5. The van der Waals surface area contributed by atoms with E-state index in [1.807, 2.05) is 22.3 Å². The number of nitrogens with zero attached hydrogens (tertiary/aromatic N) is 3. The van der Waals surface area contributed by atoms with Gasteiger partial charge in [0.05, 0.1) is 17.9 Å². The van der Waals surface area contributed by atoms with Crippen LogP contribution in [-0.2, 0) is 13.2 Å². The van der Waals surface area contributed by atoms with Crippen molar-refractivity contribution in [2.24, 2.45) is 0 Å². The number of aryl methyl sites for hydroxylation is 1. The van der Waals surface area contributed by atoms with Crippen LogP contribution in [0.3, 0.4) is 0 Å². The Morgan fingerprint density at radius 1 is 1.50 bits per heavy atom. The third-order valence-corrected chi connectivity index (χ3v) is 3.70. The highest BCUT2D eigenvalue weighted by Crippen LogP contribution is 2.15. The molecule has 6 nitrogen and oxygen atoms in total. The number of H-pyrrole nitrogens is 1. The molecule has 0 spiro atoms. The first-order valence-electron chi connectivity index (χ1n) is 6.38. The van der Waals surface area contributed by atoms with Crippen LogP contribution in [0.25, 0.3) is 10.2 Å². The molecule has 0 aliphatic rings. The number of ether oxygens (including phenoxy) is 1. The Morgan fingerprint density at radius 3 is 3.25 bits per heavy atom. The molecular formula is C13H14N4O2S. The highest BCUT2D eigenvalue weighted by molar-refractivity contribution is 7.17. The molecule has 0 amide bonds. The van der Waals surface area contributed by atoms with Gasteiger partial charge < -0.3 is 9.72 Å². The third kappa shape index (κ3) is 2.57. The van der Waals surface area contributed by atoms with Crippen LogP contribution in [0, 0.1) is 0 Å². The van der Waals surface area contributed by atoms with E-state index in [9.17, 15) is 4.79 Å². The second-order valence-corrected chi connectivity index (χ2v) is 5.29. The number of thiophene rings is 1. The maximum absolute atomic E-state index is 11.8. The zero-order valence-corrected chi connectivity index (χ0v) is 11.8. The summed E-state index contributed by atoms with van der Waals surface area (Å²) in [5.41, 5.74) is 0.587. The number of aromatic nitrogens is 4. The average Bonchev–Trinajstić information content (AvgIpc) is 3.06. The Bertz CT molecular complexity index is 774. The predicted octanol–water partition coefficient (Wildman–Crippen LogP) is 2.17. The molecule has 0 atom stereocenters. The number of fused-ring (bicyclic) bond motifs is 1. The van der Waals surface area contributed by atoms with E-state index in [2.05, 4.69) is 22.0 Å². The molecule has 0 saturated carbocycles.